The van der Waals surface area contributed by atoms with Crippen molar-refractivity contribution in [2.24, 2.45) is 5.92 Å². The third kappa shape index (κ3) is 6.38. The molecule has 0 saturated heterocycles. The zero-order valence-corrected chi connectivity index (χ0v) is 10.6. The number of nitrogens with zero attached hydrogens (tertiary/aromatic N) is 1. The van der Waals surface area contributed by atoms with E-state index in [0.717, 1.165) is 5.75 Å². The quantitative estimate of drug-likeness (QED) is 0.507. The van der Waals surface area contributed by atoms with Crippen LogP contribution in [0.15, 0.2) is 0 Å². The summed E-state index contributed by atoms with van der Waals surface area (Å²) in [6, 6.07) is 0. The topological polar surface area (TPSA) is 46.6 Å². The zero-order valence-electron chi connectivity index (χ0n) is 9.78. The van der Waals surface area contributed by atoms with Gasteiger partial charge in [0.2, 0.25) is 5.91 Å². The third-order valence-electron chi connectivity index (χ3n) is 1.91. The van der Waals surface area contributed by atoms with Gasteiger partial charge in [-0.15, -0.1) is 0 Å². The van der Waals surface area contributed by atoms with Crippen LogP contribution in [0.3, 0.4) is 0 Å². The molecule has 0 aromatic rings. The first-order valence-electron chi connectivity index (χ1n) is 4.84. The molecule has 0 N–H and O–H groups in total. The highest BCUT2D eigenvalue weighted by Gasteiger charge is 2.14. The van der Waals surface area contributed by atoms with Crippen LogP contribution >= 0.6 is 11.8 Å². The summed E-state index contributed by atoms with van der Waals surface area (Å²) >= 11 is 1.60. The Morgan fingerprint density at radius 2 is 2.00 bits per heavy atom. The lowest BCUT2D eigenvalue weighted by molar-refractivity contribution is -0.140. The summed E-state index contributed by atoms with van der Waals surface area (Å²) in [7, 11) is 4.88. The summed E-state index contributed by atoms with van der Waals surface area (Å²) in [5.41, 5.74) is 0. The van der Waals surface area contributed by atoms with Crippen molar-refractivity contribution in [1.29, 1.82) is 0 Å². The molecule has 0 saturated carbocycles. The van der Waals surface area contributed by atoms with Gasteiger partial charge in [0, 0.05) is 31.5 Å². The monoisotopic (exact) mass is 233 g/mol. The van der Waals surface area contributed by atoms with Crippen LogP contribution < -0.4 is 0 Å². The third-order valence-corrected chi connectivity index (χ3v) is 3.14. The molecule has 0 aromatic carbocycles. The van der Waals surface area contributed by atoms with Gasteiger partial charge in [-0.1, -0.05) is 6.92 Å². The Labute approximate surface area is 95.3 Å². The number of carbonyl (C=O) groups is 2. The van der Waals surface area contributed by atoms with Crippen LogP contribution in [0.5, 0.6) is 0 Å². The van der Waals surface area contributed by atoms with Crippen LogP contribution in [-0.2, 0) is 14.3 Å². The molecule has 15 heavy (non-hydrogen) atoms. The number of ether oxygens (including phenoxy) is 1. The molecule has 4 nitrogen and oxygen atoms in total. The Bertz CT molecular complexity index is 219. The number of amides is 1. The van der Waals surface area contributed by atoms with E-state index in [-0.39, 0.29) is 17.8 Å². The molecule has 0 bridgehead atoms. The molecule has 0 heterocycles. The van der Waals surface area contributed by atoms with Gasteiger partial charge < -0.3 is 9.64 Å². The fourth-order valence-corrected chi connectivity index (χ4v) is 2.00. The first-order chi connectivity index (χ1) is 6.99. The smallest absolute Gasteiger partial charge is 0.306 e. The minimum absolute atomic E-state index is 0.00245. The highest BCUT2D eigenvalue weighted by atomic mass is 32.2. The highest BCUT2D eigenvalue weighted by molar-refractivity contribution is 7.99. The number of esters is 1. The van der Waals surface area contributed by atoms with Gasteiger partial charge in [-0.2, -0.15) is 11.8 Å². The largest absolute Gasteiger partial charge is 0.469 e. The summed E-state index contributed by atoms with van der Waals surface area (Å²) < 4.78 is 4.52. The van der Waals surface area contributed by atoms with Gasteiger partial charge in [0.15, 0.2) is 0 Å². The molecule has 0 aliphatic carbocycles. The fourth-order valence-electron chi connectivity index (χ4n) is 1.03. The minimum atomic E-state index is -0.200. The predicted molar refractivity (Wildman–Crippen MR) is 61.8 cm³/mol. The highest BCUT2D eigenvalue weighted by Crippen LogP contribution is 2.11. The lowest BCUT2D eigenvalue weighted by Crippen LogP contribution is -2.29. The van der Waals surface area contributed by atoms with Gasteiger partial charge in [0.25, 0.3) is 0 Å². The Hall–Kier alpha value is -0.710. The van der Waals surface area contributed by atoms with Gasteiger partial charge in [0.1, 0.15) is 0 Å². The SMILES string of the molecule is COC(=O)CCSC[C@@H](C)C(=O)N(C)C. The lowest BCUT2D eigenvalue weighted by Gasteiger charge is -2.16. The Kier molecular flexibility index (Phi) is 7.21. The molecule has 0 aliphatic heterocycles. The number of hydrogen-bond acceptors (Lipinski definition) is 4. The van der Waals surface area contributed by atoms with Crippen molar-refractivity contribution < 1.29 is 14.3 Å². The number of carbonyl (C=O) groups excluding carboxylic acids is 2. The van der Waals surface area contributed by atoms with Crippen molar-refractivity contribution in [3.05, 3.63) is 0 Å². The standard InChI is InChI=1S/C10H19NO3S/c1-8(10(13)11(2)3)7-15-6-5-9(12)14-4/h8H,5-7H2,1-4H3/t8-/m1/s1. The van der Waals surface area contributed by atoms with Crippen LogP contribution in [0, 0.1) is 5.92 Å². The summed E-state index contributed by atoms with van der Waals surface area (Å²) in [6.07, 6.45) is 0.407. The van der Waals surface area contributed by atoms with Crippen LogP contribution in [0.1, 0.15) is 13.3 Å². The van der Waals surface area contributed by atoms with E-state index in [1.54, 1.807) is 30.8 Å². The number of hydrogen-bond donors (Lipinski definition) is 0. The second kappa shape index (κ2) is 7.56. The summed E-state index contributed by atoms with van der Waals surface area (Å²) in [4.78, 5) is 23.8. The van der Waals surface area contributed by atoms with E-state index in [4.69, 9.17) is 0 Å². The molecule has 0 aliphatic rings. The molecule has 5 heteroatoms. The minimum Gasteiger partial charge on any atom is -0.469 e. The summed E-state index contributed by atoms with van der Waals surface area (Å²) in [6.45, 7) is 1.90. The molecular formula is C10H19NO3S. The molecule has 0 fully saturated rings. The van der Waals surface area contributed by atoms with E-state index < -0.39 is 0 Å². The lowest BCUT2D eigenvalue weighted by atomic mass is 10.2. The molecule has 0 spiro atoms. The van der Waals surface area contributed by atoms with Crippen LogP contribution in [0.2, 0.25) is 0 Å². The number of rotatable bonds is 6. The first kappa shape index (κ1) is 14.3. The van der Waals surface area contributed by atoms with Gasteiger partial charge in [-0.05, 0) is 0 Å². The zero-order chi connectivity index (χ0) is 11.8. The fraction of sp³-hybridized carbons (Fsp3) is 0.800. The maximum Gasteiger partial charge on any atom is 0.306 e. The maximum absolute atomic E-state index is 11.4. The Balaban J connectivity index is 3.59. The molecule has 0 radical (unpaired) electrons. The average molecular weight is 233 g/mol. The van der Waals surface area contributed by atoms with Gasteiger partial charge in [0.05, 0.1) is 13.5 Å². The van der Waals surface area contributed by atoms with Crippen molar-refractivity contribution in [2.45, 2.75) is 13.3 Å². The van der Waals surface area contributed by atoms with Crippen LogP contribution in [0.25, 0.3) is 0 Å². The number of methoxy groups -OCH3 is 1. The molecule has 88 valence electrons. The van der Waals surface area contributed by atoms with Crippen molar-refractivity contribution >= 4 is 23.6 Å². The Morgan fingerprint density at radius 1 is 1.40 bits per heavy atom. The molecule has 0 unspecified atom stereocenters. The molecule has 1 amide bonds. The van der Waals surface area contributed by atoms with E-state index in [0.29, 0.717) is 12.2 Å². The summed E-state index contributed by atoms with van der Waals surface area (Å²) in [5.74, 6) is 1.38. The van der Waals surface area contributed by atoms with E-state index >= 15 is 0 Å². The van der Waals surface area contributed by atoms with E-state index in [1.807, 2.05) is 6.92 Å². The van der Waals surface area contributed by atoms with E-state index in [9.17, 15) is 9.59 Å². The van der Waals surface area contributed by atoms with Gasteiger partial charge >= 0.3 is 5.97 Å². The van der Waals surface area contributed by atoms with Crippen molar-refractivity contribution in [3.63, 3.8) is 0 Å². The van der Waals surface area contributed by atoms with Crippen LogP contribution in [0.4, 0.5) is 0 Å². The molecule has 0 aromatic heterocycles. The average Bonchev–Trinajstić information content (AvgIpc) is 2.22. The Morgan fingerprint density at radius 3 is 2.47 bits per heavy atom. The van der Waals surface area contributed by atoms with E-state index in [1.165, 1.54) is 7.11 Å². The molecule has 0 rings (SSSR count). The first-order valence-corrected chi connectivity index (χ1v) is 6.00. The molecular weight excluding hydrogens is 214 g/mol. The normalized spacial score (nSPS) is 12.0. The maximum atomic E-state index is 11.4. The second-order valence-electron chi connectivity index (χ2n) is 3.53. The van der Waals surface area contributed by atoms with E-state index in [2.05, 4.69) is 4.74 Å². The van der Waals surface area contributed by atoms with Gasteiger partial charge in [-0.3, -0.25) is 9.59 Å². The predicted octanol–water partition coefficient (Wildman–Crippen LogP) is 1.01. The number of thioether (sulfide) groups is 1. The van der Waals surface area contributed by atoms with Crippen LogP contribution in [-0.4, -0.2) is 49.5 Å². The van der Waals surface area contributed by atoms with Gasteiger partial charge in [-0.25, -0.2) is 0 Å². The second-order valence-corrected chi connectivity index (χ2v) is 4.68. The summed E-state index contributed by atoms with van der Waals surface area (Å²) in [5, 5.41) is 0. The van der Waals surface area contributed by atoms with Crippen molar-refractivity contribution in [3.8, 4) is 0 Å². The van der Waals surface area contributed by atoms with Crippen molar-refractivity contribution in [2.75, 3.05) is 32.7 Å². The van der Waals surface area contributed by atoms with Crippen molar-refractivity contribution in [1.82, 2.24) is 4.90 Å². The molecule has 1 atom stereocenters.